The third kappa shape index (κ3) is 5.48. The monoisotopic (exact) mass is 497 g/mol. The number of alkyl halides is 3. The number of carboxylic acids is 1. The summed E-state index contributed by atoms with van der Waals surface area (Å²) in [5.41, 5.74) is 1.66. The molecule has 0 aliphatic carbocycles. The number of aromatic nitrogens is 2. The first-order valence-corrected chi connectivity index (χ1v) is 11.4. The zero-order chi connectivity index (χ0) is 24.5. The fourth-order valence-electron chi connectivity index (χ4n) is 4.24. The molecule has 6 nitrogen and oxygen atoms in total. The molecule has 0 saturated carbocycles. The second-order valence-corrected chi connectivity index (χ2v) is 9.78. The van der Waals surface area contributed by atoms with Crippen LogP contribution in [0.1, 0.15) is 22.0 Å². The number of likely N-dealkylation sites (tertiary alicyclic amines) is 1. The van der Waals surface area contributed by atoms with Gasteiger partial charge in [-0.15, -0.1) is 11.3 Å². The van der Waals surface area contributed by atoms with Gasteiger partial charge in [-0.05, 0) is 37.6 Å². The van der Waals surface area contributed by atoms with Crippen LogP contribution in [0, 0.1) is 12.7 Å². The molecule has 2 aromatic heterocycles. The molecule has 2 aliphatic rings. The van der Waals surface area contributed by atoms with Gasteiger partial charge in [0, 0.05) is 35.0 Å². The Morgan fingerprint density at radius 3 is 2.68 bits per heavy atom. The van der Waals surface area contributed by atoms with E-state index in [0.29, 0.717) is 6.61 Å². The van der Waals surface area contributed by atoms with E-state index in [1.54, 1.807) is 12.1 Å². The molecule has 1 spiro atoms. The fourth-order valence-corrected chi connectivity index (χ4v) is 5.17. The lowest BCUT2D eigenvalue weighted by atomic mass is 10.0. The quantitative estimate of drug-likeness (QED) is 0.523. The van der Waals surface area contributed by atoms with Gasteiger partial charge < -0.3 is 14.4 Å². The number of carbonyl (C=O) groups is 1. The number of aliphatic carboxylic acids is 1. The average molecular weight is 498 g/mol. The Bertz CT molecular complexity index is 1180. The van der Waals surface area contributed by atoms with Gasteiger partial charge >= 0.3 is 12.1 Å². The second-order valence-electron chi connectivity index (χ2n) is 8.40. The highest BCUT2D eigenvalue weighted by molar-refractivity contribution is 7.11. The van der Waals surface area contributed by atoms with E-state index in [1.807, 2.05) is 23.6 Å². The van der Waals surface area contributed by atoms with Gasteiger partial charge in [-0.3, -0.25) is 4.90 Å². The summed E-state index contributed by atoms with van der Waals surface area (Å²) in [6.07, 6.45) is -2.23. The number of thiophene rings is 1. The van der Waals surface area contributed by atoms with Gasteiger partial charge in [0.1, 0.15) is 23.8 Å². The van der Waals surface area contributed by atoms with Crippen molar-refractivity contribution in [2.45, 2.75) is 44.8 Å². The standard InChI is InChI=1S/C21H22FN3OS.C2HF3O2/c1-15-5-6-18(27-15)11-24-8-7-21(13-24)14-25-19(10-23-20(25)12-26-21)16-3-2-4-17(22)9-16;3-2(4,5)1(6)7/h2-6,9-10H,7-8,11-14H2,1H3;(H,6,7). The molecule has 0 radical (unpaired) electrons. The number of rotatable bonds is 3. The number of imidazole rings is 1. The minimum Gasteiger partial charge on any atom is -0.475 e. The molecule has 182 valence electrons. The Morgan fingerprint density at radius 2 is 2.03 bits per heavy atom. The Kier molecular flexibility index (Phi) is 6.79. The first kappa shape index (κ1) is 24.4. The molecule has 1 N–H and O–H groups in total. The SMILES string of the molecule is Cc1ccc(CN2CCC3(C2)Cn2c(-c4cccc(F)c4)cnc2CO3)s1.O=C(O)C(F)(F)F. The van der Waals surface area contributed by atoms with E-state index in [0.717, 1.165) is 49.7 Å². The highest BCUT2D eigenvalue weighted by atomic mass is 32.1. The lowest BCUT2D eigenvalue weighted by Crippen LogP contribution is -2.44. The smallest absolute Gasteiger partial charge is 0.475 e. The number of hydrogen-bond donors (Lipinski definition) is 1. The molecule has 1 saturated heterocycles. The minimum absolute atomic E-state index is 0.178. The average Bonchev–Trinajstić information content (AvgIpc) is 3.47. The molecule has 5 rings (SSSR count). The zero-order valence-corrected chi connectivity index (χ0v) is 19.1. The van der Waals surface area contributed by atoms with Gasteiger partial charge in [-0.1, -0.05) is 12.1 Å². The molecule has 1 atom stereocenters. The van der Waals surface area contributed by atoms with Crippen LogP contribution in [0.2, 0.25) is 0 Å². The number of aryl methyl sites for hydroxylation is 1. The maximum Gasteiger partial charge on any atom is 0.490 e. The van der Waals surface area contributed by atoms with Crippen LogP contribution in [0.4, 0.5) is 17.6 Å². The number of nitrogens with zero attached hydrogens (tertiary/aromatic N) is 3. The van der Waals surface area contributed by atoms with Crippen LogP contribution in [0.5, 0.6) is 0 Å². The summed E-state index contributed by atoms with van der Waals surface area (Å²) in [6.45, 7) is 6.38. The Balaban J connectivity index is 0.000000344. The number of hydrogen-bond acceptors (Lipinski definition) is 5. The predicted molar refractivity (Wildman–Crippen MR) is 118 cm³/mol. The number of halogens is 4. The lowest BCUT2D eigenvalue weighted by Gasteiger charge is -2.35. The molecular weight excluding hydrogens is 474 g/mol. The first-order valence-electron chi connectivity index (χ1n) is 10.6. The molecule has 0 amide bonds. The van der Waals surface area contributed by atoms with Crippen LogP contribution < -0.4 is 0 Å². The summed E-state index contributed by atoms with van der Waals surface area (Å²) in [4.78, 5) is 18.7. The van der Waals surface area contributed by atoms with Crippen molar-refractivity contribution in [1.82, 2.24) is 14.5 Å². The van der Waals surface area contributed by atoms with Gasteiger partial charge in [-0.25, -0.2) is 14.2 Å². The largest absolute Gasteiger partial charge is 0.490 e. The molecule has 0 bridgehead atoms. The summed E-state index contributed by atoms with van der Waals surface area (Å²) >= 11 is 1.87. The first-order chi connectivity index (χ1) is 16.0. The molecule has 2 aliphatic heterocycles. The van der Waals surface area contributed by atoms with Crippen molar-refractivity contribution >= 4 is 17.3 Å². The van der Waals surface area contributed by atoms with Crippen LogP contribution in [0.15, 0.2) is 42.6 Å². The van der Waals surface area contributed by atoms with Gasteiger partial charge in [0.25, 0.3) is 0 Å². The van der Waals surface area contributed by atoms with Crippen LogP contribution in [0.3, 0.4) is 0 Å². The second kappa shape index (κ2) is 9.47. The molecule has 1 fully saturated rings. The van der Waals surface area contributed by atoms with E-state index >= 15 is 0 Å². The van der Waals surface area contributed by atoms with E-state index in [4.69, 9.17) is 14.6 Å². The summed E-state index contributed by atoms with van der Waals surface area (Å²) in [6, 6.07) is 11.2. The summed E-state index contributed by atoms with van der Waals surface area (Å²) in [5, 5.41) is 7.12. The Labute approximate surface area is 197 Å². The van der Waals surface area contributed by atoms with Gasteiger partial charge in [0.05, 0.1) is 18.4 Å². The summed E-state index contributed by atoms with van der Waals surface area (Å²) < 4.78 is 53.9. The van der Waals surface area contributed by atoms with Crippen molar-refractivity contribution in [2.24, 2.45) is 0 Å². The molecule has 1 aromatic carbocycles. The van der Waals surface area contributed by atoms with Gasteiger partial charge in [-0.2, -0.15) is 13.2 Å². The van der Waals surface area contributed by atoms with E-state index < -0.39 is 12.1 Å². The summed E-state index contributed by atoms with van der Waals surface area (Å²) in [7, 11) is 0. The number of fused-ring (bicyclic) bond motifs is 1. The highest BCUT2D eigenvalue weighted by Crippen LogP contribution is 2.36. The van der Waals surface area contributed by atoms with E-state index in [1.165, 1.54) is 15.8 Å². The topological polar surface area (TPSA) is 67.6 Å². The Hall–Kier alpha value is -2.76. The molecule has 3 aromatic rings. The van der Waals surface area contributed by atoms with Crippen LogP contribution in [-0.4, -0.2) is 50.4 Å². The highest BCUT2D eigenvalue weighted by Gasteiger charge is 2.43. The van der Waals surface area contributed by atoms with Crippen molar-refractivity contribution < 1.29 is 32.2 Å². The maximum absolute atomic E-state index is 13.7. The number of ether oxygens (including phenoxy) is 1. The van der Waals surface area contributed by atoms with Crippen molar-refractivity contribution in [3.05, 3.63) is 64.0 Å². The zero-order valence-electron chi connectivity index (χ0n) is 18.3. The predicted octanol–water partition coefficient (Wildman–Crippen LogP) is 4.87. The Morgan fingerprint density at radius 1 is 1.26 bits per heavy atom. The lowest BCUT2D eigenvalue weighted by molar-refractivity contribution is -0.192. The molecule has 11 heteroatoms. The number of carboxylic acid groups (broad SMARTS) is 1. The fraction of sp³-hybridized carbons (Fsp3) is 0.391. The van der Waals surface area contributed by atoms with Crippen LogP contribution in [-0.2, 0) is 29.2 Å². The van der Waals surface area contributed by atoms with Gasteiger partial charge in [0.2, 0.25) is 0 Å². The van der Waals surface area contributed by atoms with Gasteiger partial charge in [0.15, 0.2) is 0 Å². The van der Waals surface area contributed by atoms with Crippen molar-refractivity contribution in [2.75, 3.05) is 13.1 Å². The molecule has 34 heavy (non-hydrogen) atoms. The maximum atomic E-state index is 13.7. The van der Waals surface area contributed by atoms with Crippen LogP contribution >= 0.6 is 11.3 Å². The number of benzene rings is 1. The van der Waals surface area contributed by atoms with E-state index in [9.17, 15) is 17.6 Å². The van der Waals surface area contributed by atoms with Crippen LogP contribution in [0.25, 0.3) is 11.3 Å². The summed E-state index contributed by atoms with van der Waals surface area (Å²) in [5.74, 6) is -2.05. The third-order valence-electron chi connectivity index (χ3n) is 5.83. The van der Waals surface area contributed by atoms with Crippen molar-refractivity contribution in [1.29, 1.82) is 0 Å². The molecular formula is C23H23F4N3O3S. The van der Waals surface area contributed by atoms with E-state index in [2.05, 4.69) is 33.5 Å². The third-order valence-corrected chi connectivity index (χ3v) is 6.81. The minimum atomic E-state index is -5.08. The van der Waals surface area contributed by atoms with E-state index in [-0.39, 0.29) is 11.4 Å². The van der Waals surface area contributed by atoms with Crippen molar-refractivity contribution in [3.8, 4) is 11.3 Å². The van der Waals surface area contributed by atoms with Crippen molar-refractivity contribution in [3.63, 3.8) is 0 Å². The molecule has 4 heterocycles. The molecule has 1 unspecified atom stereocenters. The normalized spacial score (nSPS) is 20.1.